The molecule has 0 aromatic heterocycles. The molecule has 1 aliphatic carbocycles. The molecule has 0 aromatic rings. The van der Waals surface area contributed by atoms with E-state index < -0.39 is 0 Å². The molecular weight excluding hydrogens is 146 g/mol. The first kappa shape index (κ1) is 9.53. The van der Waals surface area contributed by atoms with E-state index in [1.165, 1.54) is 37.7 Å². The molecule has 2 N–H and O–H groups in total. The van der Waals surface area contributed by atoms with Crippen molar-refractivity contribution in [3.63, 3.8) is 0 Å². The van der Waals surface area contributed by atoms with E-state index >= 15 is 0 Å². The highest BCUT2D eigenvalue weighted by molar-refractivity contribution is 5.19. The summed E-state index contributed by atoms with van der Waals surface area (Å²) in [5.74, 6) is 0. The lowest BCUT2D eigenvalue weighted by atomic mass is 10.1. The summed E-state index contributed by atoms with van der Waals surface area (Å²) in [6.45, 7) is 0.774. The third-order valence-corrected chi connectivity index (χ3v) is 2.25. The Kier molecular flexibility index (Phi) is 4.77. The molecule has 0 unspecified atom stereocenters. The third-order valence-electron chi connectivity index (χ3n) is 2.25. The highest BCUT2D eigenvalue weighted by Gasteiger charge is 1.94. The van der Waals surface area contributed by atoms with E-state index in [2.05, 4.69) is 18.2 Å². The Labute approximate surface area is 75.3 Å². The number of rotatable bonds is 2. The average Bonchev–Trinajstić information content (AvgIpc) is 2.19. The Bertz CT molecular complexity index is 168. The Hall–Kier alpha value is -0.560. The lowest BCUT2D eigenvalue weighted by molar-refractivity contribution is 0.697. The van der Waals surface area contributed by atoms with Crippen molar-refractivity contribution >= 4 is 0 Å². The van der Waals surface area contributed by atoms with Crippen molar-refractivity contribution in [2.75, 3.05) is 6.54 Å². The van der Waals surface area contributed by atoms with Gasteiger partial charge in [0.1, 0.15) is 0 Å². The highest BCUT2D eigenvalue weighted by atomic mass is 14.5. The van der Waals surface area contributed by atoms with Gasteiger partial charge in [0.05, 0.1) is 0 Å². The predicted octanol–water partition coefficient (Wildman–Crippen LogP) is 2.78. The maximum Gasteiger partial charge on any atom is -0.00368 e. The monoisotopic (exact) mass is 165 g/mol. The normalized spacial score (nSPS) is 19.2. The van der Waals surface area contributed by atoms with Crippen LogP contribution >= 0.6 is 0 Å². The maximum absolute atomic E-state index is 5.51. The van der Waals surface area contributed by atoms with Crippen molar-refractivity contribution in [3.05, 3.63) is 23.8 Å². The van der Waals surface area contributed by atoms with Gasteiger partial charge < -0.3 is 5.73 Å². The zero-order chi connectivity index (χ0) is 8.65. The van der Waals surface area contributed by atoms with Gasteiger partial charge in [0.15, 0.2) is 0 Å². The van der Waals surface area contributed by atoms with Gasteiger partial charge in [0.2, 0.25) is 0 Å². The summed E-state index contributed by atoms with van der Waals surface area (Å²) in [6.07, 6.45) is 14.4. The van der Waals surface area contributed by atoms with Crippen LogP contribution in [0.5, 0.6) is 0 Å². The minimum atomic E-state index is 0.774. The summed E-state index contributed by atoms with van der Waals surface area (Å²) in [5, 5.41) is 0. The number of hydrogen-bond donors (Lipinski definition) is 1. The lowest BCUT2D eigenvalue weighted by Crippen LogP contribution is -1.99. The van der Waals surface area contributed by atoms with E-state index in [0.29, 0.717) is 0 Å². The first-order valence-corrected chi connectivity index (χ1v) is 4.99. The van der Waals surface area contributed by atoms with Gasteiger partial charge in [-0.05, 0) is 38.6 Å². The van der Waals surface area contributed by atoms with Crippen LogP contribution in [0, 0.1) is 0 Å². The van der Waals surface area contributed by atoms with E-state index in [1.54, 1.807) is 0 Å². The first-order valence-electron chi connectivity index (χ1n) is 4.99. The minimum Gasteiger partial charge on any atom is -0.330 e. The van der Waals surface area contributed by atoms with Crippen molar-refractivity contribution in [2.45, 2.75) is 38.5 Å². The van der Waals surface area contributed by atoms with Gasteiger partial charge in [-0.1, -0.05) is 30.2 Å². The number of hydrogen-bond acceptors (Lipinski definition) is 1. The molecule has 0 saturated heterocycles. The molecule has 0 radical (unpaired) electrons. The van der Waals surface area contributed by atoms with Crippen LogP contribution in [0.1, 0.15) is 38.5 Å². The topological polar surface area (TPSA) is 26.0 Å². The molecular formula is C11H19N. The Morgan fingerprint density at radius 3 is 2.83 bits per heavy atom. The van der Waals surface area contributed by atoms with Gasteiger partial charge in [-0.15, -0.1) is 0 Å². The fourth-order valence-electron chi connectivity index (χ4n) is 1.53. The van der Waals surface area contributed by atoms with Crippen LogP contribution in [-0.4, -0.2) is 6.54 Å². The van der Waals surface area contributed by atoms with E-state index in [-0.39, 0.29) is 0 Å². The van der Waals surface area contributed by atoms with Gasteiger partial charge in [-0.2, -0.15) is 0 Å². The SMILES string of the molecule is NCCC1=CCCCCCC=C1. The van der Waals surface area contributed by atoms with Crippen LogP contribution in [-0.2, 0) is 0 Å². The van der Waals surface area contributed by atoms with Crippen molar-refractivity contribution < 1.29 is 0 Å². The quantitative estimate of drug-likeness (QED) is 0.669. The first-order chi connectivity index (χ1) is 5.93. The van der Waals surface area contributed by atoms with E-state index in [1.807, 2.05) is 0 Å². The second-order valence-electron chi connectivity index (χ2n) is 3.36. The molecule has 68 valence electrons. The molecule has 0 saturated carbocycles. The molecule has 0 atom stereocenters. The molecule has 12 heavy (non-hydrogen) atoms. The Morgan fingerprint density at radius 2 is 2.00 bits per heavy atom. The fraction of sp³-hybridized carbons (Fsp3) is 0.636. The zero-order valence-electron chi connectivity index (χ0n) is 7.76. The molecule has 1 rings (SSSR count). The Morgan fingerprint density at radius 1 is 1.17 bits per heavy atom. The molecule has 1 aliphatic rings. The molecule has 1 nitrogen and oxygen atoms in total. The van der Waals surface area contributed by atoms with Gasteiger partial charge in [0.25, 0.3) is 0 Å². The van der Waals surface area contributed by atoms with Crippen molar-refractivity contribution in [1.29, 1.82) is 0 Å². The lowest BCUT2D eigenvalue weighted by Gasteiger charge is -1.97. The van der Waals surface area contributed by atoms with Gasteiger partial charge >= 0.3 is 0 Å². The summed E-state index contributed by atoms with van der Waals surface area (Å²) in [5.41, 5.74) is 6.94. The molecule has 0 aromatic carbocycles. The van der Waals surface area contributed by atoms with Gasteiger partial charge in [-0.25, -0.2) is 0 Å². The van der Waals surface area contributed by atoms with Crippen LogP contribution in [0.25, 0.3) is 0 Å². The molecule has 0 amide bonds. The molecule has 0 heterocycles. The molecule has 0 fully saturated rings. The van der Waals surface area contributed by atoms with E-state index in [0.717, 1.165) is 13.0 Å². The van der Waals surface area contributed by atoms with Crippen molar-refractivity contribution in [2.24, 2.45) is 5.73 Å². The van der Waals surface area contributed by atoms with Crippen molar-refractivity contribution in [3.8, 4) is 0 Å². The molecule has 0 spiro atoms. The number of nitrogens with two attached hydrogens (primary N) is 1. The van der Waals surface area contributed by atoms with Crippen LogP contribution in [0.15, 0.2) is 23.8 Å². The summed E-state index contributed by atoms with van der Waals surface area (Å²) in [4.78, 5) is 0. The van der Waals surface area contributed by atoms with E-state index in [4.69, 9.17) is 5.73 Å². The van der Waals surface area contributed by atoms with E-state index in [9.17, 15) is 0 Å². The van der Waals surface area contributed by atoms with Gasteiger partial charge in [-0.3, -0.25) is 0 Å². The fourth-order valence-corrected chi connectivity index (χ4v) is 1.53. The summed E-state index contributed by atoms with van der Waals surface area (Å²) >= 11 is 0. The van der Waals surface area contributed by atoms with Crippen LogP contribution < -0.4 is 5.73 Å². The number of allylic oxidation sites excluding steroid dienone is 3. The second-order valence-corrected chi connectivity index (χ2v) is 3.36. The second kappa shape index (κ2) is 6.01. The van der Waals surface area contributed by atoms with Crippen molar-refractivity contribution in [1.82, 2.24) is 0 Å². The smallest absolute Gasteiger partial charge is 0.00368 e. The minimum absolute atomic E-state index is 0.774. The van der Waals surface area contributed by atoms with Gasteiger partial charge in [0, 0.05) is 0 Å². The Balaban J connectivity index is 2.45. The summed E-state index contributed by atoms with van der Waals surface area (Å²) in [7, 11) is 0. The average molecular weight is 165 g/mol. The molecule has 0 bridgehead atoms. The maximum atomic E-state index is 5.51. The molecule has 0 aliphatic heterocycles. The third kappa shape index (κ3) is 3.72. The standard InChI is InChI=1S/C11H19N/c12-10-9-11-7-5-3-1-2-4-6-8-11/h5,7-8H,1-4,6,9-10,12H2. The predicted molar refractivity (Wildman–Crippen MR) is 54.0 cm³/mol. The summed E-state index contributed by atoms with van der Waals surface area (Å²) in [6, 6.07) is 0. The zero-order valence-corrected chi connectivity index (χ0v) is 7.76. The molecule has 1 heteroatoms. The van der Waals surface area contributed by atoms with Crippen LogP contribution in [0.4, 0.5) is 0 Å². The summed E-state index contributed by atoms with van der Waals surface area (Å²) < 4.78 is 0. The van der Waals surface area contributed by atoms with Crippen LogP contribution in [0.2, 0.25) is 0 Å². The van der Waals surface area contributed by atoms with Crippen LogP contribution in [0.3, 0.4) is 0 Å². The highest BCUT2D eigenvalue weighted by Crippen LogP contribution is 2.12. The largest absolute Gasteiger partial charge is 0.330 e.